The van der Waals surface area contributed by atoms with Crippen molar-refractivity contribution in [1.29, 1.82) is 0 Å². The van der Waals surface area contributed by atoms with Crippen molar-refractivity contribution in [3.63, 3.8) is 0 Å². The number of benzene rings is 2. The smallest absolute Gasteiger partial charge is 0.342 e. The van der Waals surface area contributed by atoms with Gasteiger partial charge in [0.15, 0.2) is 0 Å². The minimum Gasteiger partial charge on any atom is -0.477 e. The molecule has 0 aliphatic rings. The van der Waals surface area contributed by atoms with Gasteiger partial charge in [-0.3, -0.25) is 10.1 Å². The van der Waals surface area contributed by atoms with Crippen LogP contribution in [0.15, 0.2) is 36.4 Å². The summed E-state index contributed by atoms with van der Waals surface area (Å²) in [5, 5.41) is 19.9. The van der Waals surface area contributed by atoms with E-state index in [1.54, 1.807) is 6.92 Å². The first-order valence-corrected chi connectivity index (χ1v) is 5.85. The first kappa shape index (κ1) is 14.4. The fourth-order valence-electron chi connectivity index (χ4n) is 1.77. The van der Waals surface area contributed by atoms with Crippen molar-refractivity contribution in [3.8, 4) is 11.5 Å². The molecule has 2 aromatic carbocycles. The first-order chi connectivity index (χ1) is 9.90. The van der Waals surface area contributed by atoms with E-state index in [2.05, 4.69) is 0 Å². The van der Waals surface area contributed by atoms with E-state index in [0.29, 0.717) is 5.56 Å². The maximum Gasteiger partial charge on any atom is 0.342 e. The molecule has 0 aromatic heterocycles. The summed E-state index contributed by atoms with van der Waals surface area (Å²) in [4.78, 5) is 21.4. The summed E-state index contributed by atoms with van der Waals surface area (Å²) < 4.78 is 18.8. The molecule has 1 N–H and O–H groups in total. The number of aromatic carboxylic acids is 1. The summed E-state index contributed by atoms with van der Waals surface area (Å²) >= 11 is 0. The van der Waals surface area contributed by atoms with Crippen LogP contribution in [0.5, 0.6) is 11.5 Å². The van der Waals surface area contributed by atoms with Gasteiger partial charge in [0, 0.05) is 6.07 Å². The minimum atomic E-state index is -1.52. The molecule has 6 nitrogen and oxygen atoms in total. The maximum absolute atomic E-state index is 13.5. The normalized spacial score (nSPS) is 10.2. The van der Waals surface area contributed by atoms with Crippen LogP contribution in [0.4, 0.5) is 10.1 Å². The Morgan fingerprint density at radius 1 is 1.29 bits per heavy atom. The Kier molecular flexibility index (Phi) is 3.84. The van der Waals surface area contributed by atoms with Gasteiger partial charge in [0.05, 0.1) is 4.92 Å². The average Bonchev–Trinajstić information content (AvgIpc) is 2.37. The number of hydrogen-bond acceptors (Lipinski definition) is 4. The molecule has 21 heavy (non-hydrogen) atoms. The lowest BCUT2D eigenvalue weighted by Crippen LogP contribution is -2.04. The van der Waals surface area contributed by atoms with E-state index in [1.165, 1.54) is 30.3 Å². The van der Waals surface area contributed by atoms with Crippen molar-refractivity contribution in [1.82, 2.24) is 0 Å². The van der Waals surface area contributed by atoms with Crippen molar-refractivity contribution >= 4 is 11.7 Å². The monoisotopic (exact) mass is 291 g/mol. The van der Waals surface area contributed by atoms with E-state index < -0.39 is 22.3 Å². The molecular formula is C14H10FNO5. The lowest BCUT2D eigenvalue weighted by atomic mass is 10.1. The molecule has 0 unspecified atom stereocenters. The van der Waals surface area contributed by atoms with Crippen molar-refractivity contribution in [3.05, 3.63) is 63.5 Å². The zero-order valence-corrected chi connectivity index (χ0v) is 10.9. The van der Waals surface area contributed by atoms with E-state index in [1.807, 2.05) is 0 Å². The van der Waals surface area contributed by atoms with Crippen molar-refractivity contribution in [2.24, 2.45) is 0 Å². The lowest BCUT2D eigenvalue weighted by Gasteiger charge is -2.10. The van der Waals surface area contributed by atoms with Gasteiger partial charge >= 0.3 is 11.7 Å². The predicted molar refractivity (Wildman–Crippen MR) is 71.3 cm³/mol. The minimum absolute atomic E-state index is 0.145. The Hall–Kier alpha value is -2.96. The van der Waals surface area contributed by atoms with Crippen LogP contribution in [0.3, 0.4) is 0 Å². The predicted octanol–water partition coefficient (Wildman–Crippen LogP) is 3.53. The Balaban J connectivity index is 2.53. The van der Waals surface area contributed by atoms with Gasteiger partial charge in [0.25, 0.3) is 0 Å². The number of halogens is 1. The quantitative estimate of drug-likeness (QED) is 0.687. The molecule has 0 saturated carbocycles. The van der Waals surface area contributed by atoms with E-state index >= 15 is 0 Å². The number of aryl methyl sites for hydroxylation is 1. The number of carboxylic acid groups (broad SMARTS) is 1. The number of carbonyl (C=O) groups is 1. The molecule has 7 heteroatoms. The van der Waals surface area contributed by atoms with Gasteiger partial charge in [0.2, 0.25) is 5.75 Å². The number of ether oxygens (including phenoxy) is 1. The number of nitro groups is 1. The summed E-state index contributed by atoms with van der Waals surface area (Å²) in [5.41, 5.74) is -0.321. The Morgan fingerprint density at radius 2 is 2.00 bits per heavy atom. The van der Waals surface area contributed by atoms with Crippen LogP contribution < -0.4 is 4.74 Å². The number of hydrogen-bond donors (Lipinski definition) is 1. The first-order valence-electron chi connectivity index (χ1n) is 5.85. The standard InChI is InChI=1S/C14H10FNO5/c1-8-5-6-10(16(19)20)12(7-8)21-11-4-2-3-9(15)13(11)14(17)18/h2-7H,1H3,(H,17,18). The molecule has 108 valence electrons. The summed E-state index contributed by atoms with van der Waals surface area (Å²) in [6.07, 6.45) is 0. The SMILES string of the molecule is Cc1ccc([N+](=O)[O-])c(Oc2cccc(F)c2C(=O)O)c1. The largest absolute Gasteiger partial charge is 0.477 e. The summed E-state index contributed by atoms with van der Waals surface area (Å²) in [7, 11) is 0. The number of nitrogens with zero attached hydrogens (tertiary/aromatic N) is 1. The molecule has 0 atom stereocenters. The zero-order chi connectivity index (χ0) is 15.6. The van der Waals surface area contributed by atoms with E-state index in [-0.39, 0.29) is 17.2 Å². The topological polar surface area (TPSA) is 89.7 Å². The second kappa shape index (κ2) is 5.58. The molecule has 0 amide bonds. The molecule has 2 rings (SSSR count). The van der Waals surface area contributed by atoms with Crippen molar-refractivity contribution < 1.29 is 24.0 Å². The number of rotatable bonds is 4. The molecular weight excluding hydrogens is 281 g/mol. The summed E-state index contributed by atoms with van der Waals surface area (Å²) in [5.74, 6) is -2.93. The molecule has 0 spiro atoms. The Bertz CT molecular complexity index is 729. The molecule has 2 aromatic rings. The molecule has 0 heterocycles. The molecule has 0 saturated heterocycles. The van der Waals surface area contributed by atoms with Crippen LogP contribution in [-0.2, 0) is 0 Å². The van der Waals surface area contributed by atoms with Crippen LogP contribution in [-0.4, -0.2) is 16.0 Å². The molecule has 0 fully saturated rings. The van der Waals surface area contributed by atoms with Gasteiger partial charge in [0.1, 0.15) is 17.1 Å². The number of carboxylic acids is 1. The summed E-state index contributed by atoms with van der Waals surface area (Å²) in [6.45, 7) is 1.69. The van der Waals surface area contributed by atoms with Crippen molar-refractivity contribution in [2.75, 3.05) is 0 Å². The lowest BCUT2D eigenvalue weighted by molar-refractivity contribution is -0.385. The van der Waals surface area contributed by atoms with Gasteiger partial charge in [-0.15, -0.1) is 0 Å². The van der Waals surface area contributed by atoms with Gasteiger partial charge in [-0.25, -0.2) is 9.18 Å². The van der Waals surface area contributed by atoms with Crippen LogP contribution in [0, 0.1) is 22.9 Å². The highest BCUT2D eigenvalue weighted by molar-refractivity contribution is 5.91. The van der Waals surface area contributed by atoms with E-state index in [0.717, 1.165) is 6.07 Å². The van der Waals surface area contributed by atoms with Crippen LogP contribution in [0.1, 0.15) is 15.9 Å². The van der Waals surface area contributed by atoms with Crippen LogP contribution in [0.2, 0.25) is 0 Å². The van der Waals surface area contributed by atoms with E-state index in [9.17, 15) is 19.3 Å². The van der Waals surface area contributed by atoms with Gasteiger partial charge < -0.3 is 9.84 Å². The van der Waals surface area contributed by atoms with Gasteiger partial charge in [-0.2, -0.15) is 0 Å². The average molecular weight is 291 g/mol. The summed E-state index contributed by atoms with van der Waals surface area (Å²) in [6, 6.07) is 7.62. The highest BCUT2D eigenvalue weighted by atomic mass is 19.1. The van der Waals surface area contributed by atoms with Gasteiger partial charge in [-0.1, -0.05) is 12.1 Å². The highest BCUT2D eigenvalue weighted by Gasteiger charge is 2.21. The molecule has 0 bridgehead atoms. The van der Waals surface area contributed by atoms with E-state index in [4.69, 9.17) is 9.84 Å². The van der Waals surface area contributed by atoms with Crippen LogP contribution in [0.25, 0.3) is 0 Å². The molecule has 0 radical (unpaired) electrons. The second-order valence-electron chi connectivity index (χ2n) is 4.25. The zero-order valence-electron chi connectivity index (χ0n) is 10.9. The third-order valence-electron chi connectivity index (χ3n) is 2.72. The second-order valence-corrected chi connectivity index (χ2v) is 4.25. The molecule has 0 aliphatic carbocycles. The van der Waals surface area contributed by atoms with Gasteiger partial charge in [-0.05, 0) is 30.7 Å². The highest BCUT2D eigenvalue weighted by Crippen LogP contribution is 2.34. The van der Waals surface area contributed by atoms with Crippen molar-refractivity contribution in [2.45, 2.75) is 6.92 Å². The fraction of sp³-hybridized carbons (Fsp3) is 0.0714. The Morgan fingerprint density at radius 3 is 2.62 bits per heavy atom. The Labute approximate surface area is 118 Å². The number of nitro benzene ring substituents is 1. The third-order valence-corrected chi connectivity index (χ3v) is 2.72. The third kappa shape index (κ3) is 2.97. The maximum atomic E-state index is 13.5. The molecule has 0 aliphatic heterocycles. The fourth-order valence-corrected chi connectivity index (χ4v) is 1.77. The van der Waals surface area contributed by atoms with Crippen LogP contribution >= 0.6 is 0 Å².